The second kappa shape index (κ2) is 4.40. The quantitative estimate of drug-likeness (QED) is 0.781. The fourth-order valence-corrected chi connectivity index (χ4v) is 2.70. The number of aromatic nitrogens is 3. The Balaban J connectivity index is 2.11. The van der Waals surface area contributed by atoms with Gasteiger partial charge in [-0.15, -0.1) is 0 Å². The van der Waals surface area contributed by atoms with Gasteiger partial charge in [0.15, 0.2) is 5.01 Å². The molecule has 92 valence electrons. The molecule has 0 aliphatic heterocycles. The van der Waals surface area contributed by atoms with Crippen molar-refractivity contribution in [3.63, 3.8) is 0 Å². The van der Waals surface area contributed by atoms with E-state index in [1.807, 2.05) is 30.5 Å². The molecule has 0 atom stereocenters. The van der Waals surface area contributed by atoms with Gasteiger partial charge in [0.2, 0.25) is 4.96 Å². The van der Waals surface area contributed by atoms with Crippen LogP contribution in [-0.4, -0.2) is 21.7 Å². The van der Waals surface area contributed by atoms with Crippen LogP contribution >= 0.6 is 11.3 Å². The van der Waals surface area contributed by atoms with Gasteiger partial charge in [-0.05, 0) is 12.1 Å². The van der Waals surface area contributed by atoms with Crippen LogP contribution in [-0.2, 0) is 6.54 Å². The highest BCUT2D eigenvalue weighted by Gasteiger charge is 2.12. The van der Waals surface area contributed by atoms with Crippen molar-refractivity contribution in [2.24, 2.45) is 5.73 Å². The van der Waals surface area contributed by atoms with Crippen LogP contribution in [0.2, 0.25) is 0 Å². The summed E-state index contributed by atoms with van der Waals surface area (Å²) in [5.74, 6) is 0.813. The Hall–Kier alpha value is -1.92. The molecule has 1 aromatic carbocycles. The maximum atomic E-state index is 5.55. The Morgan fingerprint density at radius 2 is 2.22 bits per heavy atom. The lowest BCUT2D eigenvalue weighted by molar-refractivity contribution is 0.416. The van der Waals surface area contributed by atoms with Crippen molar-refractivity contribution in [1.82, 2.24) is 14.6 Å². The molecule has 0 fully saturated rings. The molecule has 0 saturated carbocycles. The summed E-state index contributed by atoms with van der Waals surface area (Å²) in [6.45, 7) is 0.431. The fourth-order valence-electron chi connectivity index (χ4n) is 1.77. The van der Waals surface area contributed by atoms with Gasteiger partial charge in [0, 0.05) is 6.54 Å². The molecule has 18 heavy (non-hydrogen) atoms. The number of hydrogen-bond acceptors (Lipinski definition) is 5. The van der Waals surface area contributed by atoms with Gasteiger partial charge in [0.1, 0.15) is 5.75 Å². The lowest BCUT2D eigenvalue weighted by Crippen LogP contribution is -1.95. The summed E-state index contributed by atoms with van der Waals surface area (Å²) in [6.07, 6.45) is 1.85. The minimum atomic E-state index is 0.431. The summed E-state index contributed by atoms with van der Waals surface area (Å²) in [5, 5.41) is 5.38. The monoisotopic (exact) mass is 260 g/mol. The van der Waals surface area contributed by atoms with E-state index in [2.05, 4.69) is 10.1 Å². The van der Waals surface area contributed by atoms with Gasteiger partial charge in [-0.25, -0.2) is 9.50 Å². The zero-order valence-electron chi connectivity index (χ0n) is 9.83. The van der Waals surface area contributed by atoms with Gasteiger partial charge in [0.25, 0.3) is 0 Å². The number of benzene rings is 1. The molecule has 0 aliphatic rings. The van der Waals surface area contributed by atoms with E-state index >= 15 is 0 Å². The molecule has 0 unspecified atom stereocenters. The summed E-state index contributed by atoms with van der Waals surface area (Å²) in [7, 11) is 1.66. The highest BCUT2D eigenvalue weighted by atomic mass is 32.1. The number of ether oxygens (including phenoxy) is 1. The van der Waals surface area contributed by atoms with Crippen molar-refractivity contribution in [1.29, 1.82) is 0 Å². The van der Waals surface area contributed by atoms with Gasteiger partial charge in [-0.3, -0.25) is 0 Å². The highest BCUT2D eigenvalue weighted by molar-refractivity contribution is 7.19. The van der Waals surface area contributed by atoms with E-state index < -0.39 is 0 Å². The number of fused-ring (bicyclic) bond motifs is 1. The van der Waals surface area contributed by atoms with Crippen molar-refractivity contribution in [2.45, 2.75) is 6.54 Å². The molecule has 0 bridgehead atoms. The molecule has 0 spiro atoms. The number of methoxy groups -OCH3 is 1. The van der Waals surface area contributed by atoms with Crippen LogP contribution in [0.3, 0.4) is 0 Å². The van der Waals surface area contributed by atoms with Crippen LogP contribution in [0, 0.1) is 0 Å². The van der Waals surface area contributed by atoms with E-state index in [1.165, 1.54) is 11.3 Å². The smallest absolute Gasteiger partial charge is 0.212 e. The molecular weight excluding hydrogens is 248 g/mol. The molecule has 0 saturated heterocycles. The molecule has 0 amide bonds. The summed E-state index contributed by atoms with van der Waals surface area (Å²) in [4.78, 5) is 5.23. The standard InChI is InChI=1S/C12H12N4OS/c1-17-10-5-3-2-4-9(10)11-15-16-7-8(6-13)14-12(16)18-11/h2-5,7H,6,13H2,1H3. The Kier molecular flexibility index (Phi) is 2.73. The molecule has 0 aliphatic carbocycles. The molecule has 3 rings (SSSR count). The number of rotatable bonds is 3. The van der Waals surface area contributed by atoms with E-state index in [4.69, 9.17) is 10.5 Å². The molecule has 6 heteroatoms. The van der Waals surface area contributed by atoms with Gasteiger partial charge in [0.05, 0.1) is 24.6 Å². The Morgan fingerprint density at radius 1 is 1.39 bits per heavy atom. The molecule has 2 aromatic heterocycles. The average Bonchev–Trinajstić information content (AvgIpc) is 2.96. The topological polar surface area (TPSA) is 65.4 Å². The summed E-state index contributed by atoms with van der Waals surface area (Å²) >= 11 is 1.52. The third-order valence-electron chi connectivity index (χ3n) is 2.64. The first-order valence-electron chi connectivity index (χ1n) is 5.50. The Labute approximate surface area is 108 Å². The average molecular weight is 260 g/mol. The number of nitrogens with two attached hydrogens (primary N) is 1. The zero-order chi connectivity index (χ0) is 12.5. The SMILES string of the molecule is COc1ccccc1-c1nn2cc(CN)nc2s1. The van der Waals surface area contributed by atoms with Crippen LogP contribution in [0.15, 0.2) is 30.5 Å². The van der Waals surface area contributed by atoms with Crippen LogP contribution in [0.25, 0.3) is 15.5 Å². The highest BCUT2D eigenvalue weighted by Crippen LogP contribution is 2.32. The molecule has 5 nitrogen and oxygen atoms in total. The van der Waals surface area contributed by atoms with Crippen LogP contribution in [0.5, 0.6) is 5.75 Å². The largest absolute Gasteiger partial charge is 0.496 e. The number of nitrogens with zero attached hydrogens (tertiary/aromatic N) is 3. The lowest BCUT2D eigenvalue weighted by Gasteiger charge is -2.03. The normalized spacial score (nSPS) is 11.0. The second-order valence-corrected chi connectivity index (χ2v) is 4.73. The van der Waals surface area contributed by atoms with Crippen LogP contribution in [0.4, 0.5) is 0 Å². The first-order valence-corrected chi connectivity index (χ1v) is 6.32. The van der Waals surface area contributed by atoms with Gasteiger partial charge < -0.3 is 10.5 Å². The number of imidazole rings is 1. The summed E-state index contributed by atoms with van der Waals surface area (Å²) < 4.78 is 7.09. The van der Waals surface area contributed by atoms with Crippen molar-refractivity contribution in [3.05, 3.63) is 36.2 Å². The molecule has 2 heterocycles. The van der Waals surface area contributed by atoms with Crippen LogP contribution < -0.4 is 10.5 Å². The van der Waals surface area contributed by atoms with E-state index in [9.17, 15) is 0 Å². The Morgan fingerprint density at radius 3 is 2.94 bits per heavy atom. The van der Waals surface area contributed by atoms with Crippen molar-refractivity contribution < 1.29 is 4.74 Å². The third kappa shape index (κ3) is 1.75. The van der Waals surface area contributed by atoms with Gasteiger partial charge in [-0.2, -0.15) is 5.10 Å². The second-order valence-electron chi connectivity index (χ2n) is 3.77. The van der Waals surface area contributed by atoms with Gasteiger partial charge in [-0.1, -0.05) is 23.5 Å². The van der Waals surface area contributed by atoms with E-state index in [0.29, 0.717) is 6.54 Å². The first-order chi connectivity index (χ1) is 8.81. The van der Waals surface area contributed by atoms with Gasteiger partial charge >= 0.3 is 0 Å². The third-order valence-corrected chi connectivity index (χ3v) is 3.60. The van der Waals surface area contributed by atoms with E-state index in [0.717, 1.165) is 27.0 Å². The molecule has 0 radical (unpaired) electrons. The minimum absolute atomic E-state index is 0.431. The Bertz CT molecular complexity index is 657. The molecule has 3 aromatic rings. The zero-order valence-corrected chi connectivity index (χ0v) is 10.6. The predicted molar refractivity (Wildman–Crippen MR) is 70.7 cm³/mol. The van der Waals surface area contributed by atoms with E-state index in [1.54, 1.807) is 11.6 Å². The maximum Gasteiger partial charge on any atom is 0.212 e. The first kappa shape index (κ1) is 11.2. The lowest BCUT2D eigenvalue weighted by atomic mass is 10.2. The fraction of sp³-hybridized carbons (Fsp3) is 0.167. The minimum Gasteiger partial charge on any atom is -0.496 e. The molecular formula is C12H12N4OS. The molecule has 2 N–H and O–H groups in total. The number of hydrogen-bond donors (Lipinski definition) is 1. The summed E-state index contributed by atoms with van der Waals surface area (Å²) in [6, 6.07) is 7.81. The van der Waals surface area contributed by atoms with Crippen LogP contribution in [0.1, 0.15) is 5.69 Å². The maximum absolute atomic E-state index is 5.55. The predicted octanol–water partition coefficient (Wildman–Crippen LogP) is 1.93. The van der Waals surface area contributed by atoms with Crippen molar-refractivity contribution >= 4 is 16.3 Å². The van der Waals surface area contributed by atoms with Crippen molar-refractivity contribution in [3.8, 4) is 16.3 Å². The summed E-state index contributed by atoms with van der Waals surface area (Å²) in [5.41, 5.74) is 7.37. The van der Waals surface area contributed by atoms with Crippen molar-refractivity contribution in [2.75, 3.05) is 7.11 Å². The van der Waals surface area contributed by atoms with E-state index in [-0.39, 0.29) is 0 Å². The number of para-hydroxylation sites is 1.